The predicted molar refractivity (Wildman–Crippen MR) is 111 cm³/mol. The number of hydrogen-bond acceptors (Lipinski definition) is 5. The normalized spacial score (nSPS) is 15.7. The highest BCUT2D eigenvalue weighted by atomic mass is 16.1. The van der Waals surface area contributed by atoms with Gasteiger partial charge in [-0.1, -0.05) is 54.6 Å². The molecular weight excluding hydrogens is 350 g/mol. The molecule has 0 bridgehead atoms. The molecule has 0 saturated heterocycles. The first-order valence-corrected chi connectivity index (χ1v) is 9.15. The number of nitrogens with one attached hydrogen (secondary N) is 2. The molecule has 1 amide bonds. The van der Waals surface area contributed by atoms with Gasteiger partial charge in [0.05, 0.1) is 0 Å². The lowest BCUT2D eigenvalue weighted by atomic mass is 10.0. The van der Waals surface area contributed by atoms with Crippen LogP contribution in [0.15, 0.2) is 78.0 Å². The maximum absolute atomic E-state index is 10.9. The van der Waals surface area contributed by atoms with Gasteiger partial charge < -0.3 is 5.32 Å². The summed E-state index contributed by atoms with van der Waals surface area (Å²) in [5, 5.41) is 12.2. The van der Waals surface area contributed by atoms with E-state index in [1.807, 2.05) is 47.5 Å². The molecule has 2 aromatic carbocycles. The summed E-state index contributed by atoms with van der Waals surface area (Å²) in [5.74, 6) is 1.14. The molecule has 0 spiro atoms. The Morgan fingerprint density at radius 3 is 2.68 bits per heavy atom. The quantitative estimate of drug-likeness (QED) is 0.677. The number of aromatic nitrogens is 1. The fraction of sp³-hybridized carbons (Fsp3) is 0.136. The van der Waals surface area contributed by atoms with Gasteiger partial charge >= 0.3 is 0 Å². The van der Waals surface area contributed by atoms with Crippen LogP contribution in [0.5, 0.6) is 0 Å². The van der Waals surface area contributed by atoms with E-state index in [9.17, 15) is 4.79 Å². The minimum absolute atomic E-state index is 0.149. The molecule has 1 unspecified atom stereocenters. The Bertz CT molecular complexity index is 1000. The lowest BCUT2D eigenvalue weighted by molar-refractivity contribution is -0.108. The summed E-state index contributed by atoms with van der Waals surface area (Å²) in [6, 6.07) is 22.4. The summed E-state index contributed by atoms with van der Waals surface area (Å²) >= 11 is 0. The van der Waals surface area contributed by atoms with Crippen molar-refractivity contribution < 1.29 is 4.79 Å². The number of aryl methyl sites for hydroxylation is 1. The maximum Gasteiger partial charge on any atom is 0.222 e. The molecule has 1 aromatic heterocycles. The maximum atomic E-state index is 10.9. The number of benzene rings is 2. The number of guanidine groups is 1. The van der Waals surface area contributed by atoms with Crippen LogP contribution in [0.4, 0.5) is 5.82 Å². The number of hydrogen-bond donors (Lipinski definition) is 2. The molecule has 4 rings (SSSR count). The van der Waals surface area contributed by atoms with Gasteiger partial charge in [0.2, 0.25) is 12.4 Å². The van der Waals surface area contributed by atoms with Gasteiger partial charge in [-0.05, 0) is 41.3 Å². The first-order valence-electron chi connectivity index (χ1n) is 9.15. The number of hydrazone groups is 1. The van der Waals surface area contributed by atoms with Crippen LogP contribution in [0.3, 0.4) is 0 Å². The molecule has 28 heavy (non-hydrogen) atoms. The van der Waals surface area contributed by atoms with Crippen LogP contribution in [0.2, 0.25) is 0 Å². The number of carbonyl (C=O) groups excluding carboxylic acids is 1. The zero-order chi connectivity index (χ0) is 19.3. The Kier molecular flexibility index (Phi) is 5.01. The number of rotatable bonds is 5. The number of carbonyl (C=O) groups is 1. The smallest absolute Gasteiger partial charge is 0.222 e. The zero-order valence-electron chi connectivity index (χ0n) is 15.5. The number of nitrogens with zero attached hydrogens (tertiary/aromatic N) is 3. The van der Waals surface area contributed by atoms with Crippen molar-refractivity contribution in [3.8, 4) is 11.1 Å². The third-order valence-corrected chi connectivity index (χ3v) is 4.71. The molecule has 6 nitrogen and oxygen atoms in total. The molecule has 0 fully saturated rings. The number of anilines is 1. The minimum Gasteiger partial charge on any atom is -0.332 e. The second-order valence-corrected chi connectivity index (χ2v) is 6.62. The summed E-state index contributed by atoms with van der Waals surface area (Å²) in [4.78, 5) is 15.4. The molecular formula is C22H21N5O. The van der Waals surface area contributed by atoms with Crippen LogP contribution in [-0.4, -0.2) is 23.5 Å². The lowest BCUT2D eigenvalue weighted by Crippen LogP contribution is -2.43. The number of amides is 1. The van der Waals surface area contributed by atoms with Gasteiger partial charge in [-0.2, -0.15) is 0 Å². The Labute approximate surface area is 163 Å². The lowest BCUT2D eigenvalue weighted by Gasteiger charge is -2.23. The predicted octanol–water partition coefficient (Wildman–Crippen LogP) is 3.05. The van der Waals surface area contributed by atoms with Crippen LogP contribution in [-0.2, 0) is 11.2 Å². The summed E-state index contributed by atoms with van der Waals surface area (Å²) < 4.78 is 0. The Morgan fingerprint density at radius 1 is 1.11 bits per heavy atom. The highest BCUT2D eigenvalue weighted by Crippen LogP contribution is 2.27. The third kappa shape index (κ3) is 3.71. The van der Waals surface area contributed by atoms with Crippen LogP contribution in [0.1, 0.15) is 11.1 Å². The molecule has 6 heteroatoms. The first kappa shape index (κ1) is 17.7. The van der Waals surface area contributed by atoms with E-state index in [0.717, 1.165) is 16.9 Å². The van der Waals surface area contributed by atoms with E-state index in [1.54, 1.807) is 6.20 Å². The van der Waals surface area contributed by atoms with Gasteiger partial charge in [0.25, 0.3) is 0 Å². The average Bonchev–Trinajstić information content (AvgIpc) is 3.12. The summed E-state index contributed by atoms with van der Waals surface area (Å²) in [7, 11) is 0. The molecule has 0 saturated carbocycles. The van der Waals surface area contributed by atoms with Crippen molar-refractivity contribution in [2.75, 3.05) is 5.01 Å². The molecule has 2 N–H and O–H groups in total. The summed E-state index contributed by atoms with van der Waals surface area (Å²) in [6.07, 6.45) is 2.97. The van der Waals surface area contributed by atoms with Gasteiger partial charge in [-0.15, -0.1) is 5.10 Å². The molecule has 2 heterocycles. The van der Waals surface area contributed by atoms with Crippen molar-refractivity contribution in [3.63, 3.8) is 0 Å². The largest absolute Gasteiger partial charge is 0.332 e. The summed E-state index contributed by atoms with van der Waals surface area (Å²) in [5.41, 5.74) is 4.61. The van der Waals surface area contributed by atoms with Crippen LogP contribution >= 0.6 is 0 Å². The Hall–Kier alpha value is -3.67. The SMILES string of the molecule is Cc1ccccc1-c1ccnc(N2N=C(NC=O)NC2Cc2ccccc2)c1. The van der Waals surface area contributed by atoms with E-state index in [4.69, 9.17) is 0 Å². The van der Waals surface area contributed by atoms with Gasteiger partial charge in [0.15, 0.2) is 5.82 Å². The number of pyridine rings is 1. The molecule has 1 aliphatic rings. The summed E-state index contributed by atoms with van der Waals surface area (Å²) in [6.45, 7) is 2.09. The van der Waals surface area contributed by atoms with Gasteiger partial charge in [0, 0.05) is 12.6 Å². The molecule has 1 atom stereocenters. The fourth-order valence-corrected chi connectivity index (χ4v) is 3.35. The first-order chi connectivity index (χ1) is 13.7. The fourth-order valence-electron chi connectivity index (χ4n) is 3.35. The van der Waals surface area contributed by atoms with Gasteiger partial charge in [-0.3, -0.25) is 10.1 Å². The highest BCUT2D eigenvalue weighted by Gasteiger charge is 2.28. The van der Waals surface area contributed by atoms with Crippen molar-refractivity contribution >= 4 is 18.2 Å². The van der Waals surface area contributed by atoms with E-state index in [0.29, 0.717) is 18.8 Å². The van der Waals surface area contributed by atoms with Crippen LogP contribution < -0.4 is 15.6 Å². The van der Waals surface area contributed by atoms with Crippen LogP contribution in [0, 0.1) is 6.92 Å². The highest BCUT2D eigenvalue weighted by molar-refractivity contribution is 5.91. The Balaban J connectivity index is 1.67. The van der Waals surface area contributed by atoms with Crippen molar-refractivity contribution in [1.29, 1.82) is 0 Å². The third-order valence-electron chi connectivity index (χ3n) is 4.71. The van der Waals surface area contributed by atoms with E-state index in [2.05, 4.69) is 51.9 Å². The van der Waals surface area contributed by atoms with E-state index in [1.165, 1.54) is 11.1 Å². The average molecular weight is 371 g/mol. The minimum atomic E-state index is -0.149. The van der Waals surface area contributed by atoms with Crippen molar-refractivity contribution in [2.45, 2.75) is 19.5 Å². The van der Waals surface area contributed by atoms with E-state index in [-0.39, 0.29) is 6.17 Å². The molecule has 0 aliphatic carbocycles. The molecule has 140 valence electrons. The molecule has 0 radical (unpaired) electrons. The second kappa shape index (κ2) is 7.92. The van der Waals surface area contributed by atoms with E-state index < -0.39 is 0 Å². The second-order valence-electron chi connectivity index (χ2n) is 6.62. The van der Waals surface area contributed by atoms with Gasteiger partial charge in [-0.25, -0.2) is 9.99 Å². The monoisotopic (exact) mass is 371 g/mol. The zero-order valence-corrected chi connectivity index (χ0v) is 15.5. The van der Waals surface area contributed by atoms with E-state index >= 15 is 0 Å². The van der Waals surface area contributed by atoms with Crippen molar-refractivity contribution in [3.05, 3.63) is 84.1 Å². The Morgan fingerprint density at radius 2 is 1.89 bits per heavy atom. The van der Waals surface area contributed by atoms with Crippen molar-refractivity contribution in [1.82, 2.24) is 15.6 Å². The van der Waals surface area contributed by atoms with Crippen molar-refractivity contribution in [2.24, 2.45) is 5.10 Å². The molecule has 1 aliphatic heterocycles. The standard InChI is InChI=1S/C22H21N5O/c1-16-7-5-6-10-19(16)18-11-12-23-20(14-18)27-21(25-22(26-27)24-15-28)13-17-8-3-2-4-9-17/h2-12,14-15,21H,13H2,1H3,(H2,24,25,26,28). The topological polar surface area (TPSA) is 69.6 Å². The van der Waals surface area contributed by atoms with Gasteiger partial charge in [0.1, 0.15) is 6.17 Å². The molecule has 3 aromatic rings. The van der Waals surface area contributed by atoms with Crippen LogP contribution in [0.25, 0.3) is 11.1 Å².